The molecule has 180 valence electrons. The standard InChI is InChI=1S/C23H44N3O4P/c1-15(2)20-9-7-17(5)11-22(20)29-31(28,14-19(27)13-25-26-24)30-23-12-18(6)8-10-21(23)16(3)4/h15-23,27H,7-14H2,1-6H3/t17-,18+,19-,20-,21+,22-,23-,31?/m1/s1. The van der Waals surface area contributed by atoms with Crippen LogP contribution in [0, 0.1) is 35.5 Å². The summed E-state index contributed by atoms with van der Waals surface area (Å²) in [5.41, 5.74) is 8.60. The number of hydrogen-bond acceptors (Lipinski definition) is 5. The molecule has 0 radical (unpaired) electrons. The Morgan fingerprint density at radius 2 is 1.42 bits per heavy atom. The van der Waals surface area contributed by atoms with Crippen molar-refractivity contribution in [3.8, 4) is 0 Å². The van der Waals surface area contributed by atoms with E-state index in [4.69, 9.17) is 14.6 Å². The van der Waals surface area contributed by atoms with E-state index in [1.165, 1.54) is 0 Å². The van der Waals surface area contributed by atoms with Crippen LogP contribution >= 0.6 is 7.60 Å². The smallest absolute Gasteiger partial charge is 0.333 e. The minimum atomic E-state index is -3.59. The molecule has 0 spiro atoms. The van der Waals surface area contributed by atoms with Gasteiger partial charge in [0.15, 0.2) is 0 Å². The Labute approximate surface area is 188 Å². The lowest BCUT2D eigenvalue weighted by Gasteiger charge is -2.42. The number of aliphatic hydroxyl groups excluding tert-OH is 1. The highest BCUT2D eigenvalue weighted by Gasteiger charge is 2.42. The van der Waals surface area contributed by atoms with Crippen molar-refractivity contribution in [2.45, 2.75) is 98.4 Å². The fraction of sp³-hybridized carbons (Fsp3) is 1.00. The maximum absolute atomic E-state index is 14.1. The van der Waals surface area contributed by atoms with Crippen molar-refractivity contribution in [3.63, 3.8) is 0 Å². The molecule has 0 saturated heterocycles. The zero-order valence-electron chi connectivity index (χ0n) is 20.3. The highest BCUT2D eigenvalue weighted by Crippen LogP contribution is 2.56. The third kappa shape index (κ3) is 8.05. The Morgan fingerprint density at radius 1 is 0.968 bits per heavy atom. The summed E-state index contributed by atoms with van der Waals surface area (Å²) >= 11 is 0. The van der Waals surface area contributed by atoms with Crippen LogP contribution < -0.4 is 0 Å². The second-order valence-corrected chi connectivity index (χ2v) is 12.8. The van der Waals surface area contributed by atoms with Gasteiger partial charge in [0.2, 0.25) is 0 Å². The monoisotopic (exact) mass is 457 g/mol. The van der Waals surface area contributed by atoms with E-state index in [2.05, 4.69) is 51.6 Å². The fourth-order valence-corrected chi connectivity index (χ4v) is 7.61. The van der Waals surface area contributed by atoms with E-state index in [1.807, 2.05) is 0 Å². The summed E-state index contributed by atoms with van der Waals surface area (Å²) in [6.07, 6.45) is 4.69. The average molecular weight is 458 g/mol. The molecule has 2 fully saturated rings. The highest BCUT2D eigenvalue weighted by molar-refractivity contribution is 7.53. The molecule has 0 aromatic heterocycles. The number of hydrogen-bond donors (Lipinski definition) is 1. The van der Waals surface area contributed by atoms with Gasteiger partial charge in [-0.2, -0.15) is 0 Å². The van der Waals surface area contributed by atoms with E-state index < -0.39 is 13.7 Å². The lowest BCUT2D eigenvalue weighted by Crippen LogP contribution is -2.37. The van der Waals surface area contributed by atoms with Crippen molar-refractivity contribution in [2.24, 2.45) is 40.6 Å². The van der Waals surface area contributed by atoms with Crippen LogP contribution in [0.25, 0.3) is 10.4 Å². The van der Waals surface area contributed by atoms with Gasteiger partial charge in [0, 0.05) is 4.91 Å². The molecule has 2 saturated carbocycles. The van der Waals surface area contributed by atoms with Crippen molar-refractivity contribution in [2.75, 3.05) is 12.7 Å². The van der Waals surface area contributed by atoms with E-state index in [1.54, 1.807) is 0 Å². The first-order valence-electron chi connectivity index (χ1n) is 12.2. The molecule has 1 N–H and O–H groups in total. The van der Waals surface area contributed by atoms with Gasteiger partial charge in [-0.25, -0.2) is 0 Å². The largest absolute Gasteiger partial charge is 0.392 e. The Morgan fingerprint density at radius 3 is 1.81 bits per heavy atom. The maximum Gasteiger partial charge on any atom is 0.333 e. The van der Waals surface area contributed by atoms with Crippen molar-refractivity contribution < 1.29 is 18.7 Å². The summed E-state index contributed by atoms with van der Waals surface area (Å²) in [6.45, 7) is 13.1. The van der Waals surface area contributed by atoms with Crippen LogP contribution in [0.15, 0.2) is 5.11 Å². The quantitative estimate of drug-likeness (QED) is 0.168. The summed E-state index contributed by atoms with van der Waals surface area (Å²) in [7, 11) is -3.59. The van der Waals surface area contributed by atoms with Gasteiger partial charge in [-0.15, -0.1) is 0 Å². The molecule has 2 aliphatic carbocycles. The molecule has 8 atom stereocenters. The molecule has 7 nitrogen and oxygen atoms in total. The van der Waals surface area contributed by atoms with E-state index in [9.17, 15) is 9.67 Å². The molecule has 0 heterocycles. The highest BCUT2D eigenvalue weighted by atomic mass is 31.2. The zero-order valence-corrected chi connectivity index (χ0v) is 21.2. The van der Waals surface area contributed by atoms with Gasteiger partial charge in [-0.05, 0) is 66.7 Å². The first kappa shape index (κ1) is 26.7. The van der Waals surface area contributed by atoms with Crippen LogP contribution in [0.5, 0.6) is 0 Å². The average Bonchev–Trinajstić information content (AvgIpc) is 2.65. The van der Waals surface area contributed by atoms with Crippen molar-refractivity contribution in [3.05, 3.63) is 10.4 Å². The lowest BCUT2D eigenvalue weighted by atomic mass is 9.75. The van der Waals surface area contributed by atoms with Gasteiger partial charge in [-0.3, -0.25) is 4.57 Å². The lowest BCUT2D eigenvalue weighted by molar-refractivity contribution is -0.00558. The van der Waals surface area contributed by atoms with Crippen molar-refractivity contribution in [1.82, 2.24) is 0 Å². The molecule has 0 bridgehead atoms. The molecule has 2 rings (SSSR count). The second-order valence-electron chi connectivity index (χ2n) is 10.8. The van der Waals surface area contributed by atoms with Crippen LogP contribution in [0.2, 0.25) is 0 Å². The first-order chi connectivity index (χ1) is 14.5. The van der Waals surface area contributed by atoms with Crippen LogP contribution in [-0.2, 0) is 13.6 Å². The van der Waals surface area contributed by atoms with Gasteiger partial charge in [-0.1, -0.05) is 59.5 Å². The molecule has 1 unspecified atom stereocenters. The number of azide groups is 1. The summed E-state index contributed by atoms with van der Waals surface area (Å²) in [6, 6.07) is 0. The SMILES string of the molecule is CC(C)[C@H]1CC[C@@H](C)C[C@H]1OP(=O)(C[C@H](O)CN=[N+]=[N-])O[C@@H]1C[C@@H](C)CC[C@H]1C(C)C. The molecular formula is C23H44N3O4P. The maximum atomic E-state index is 14.1. The van der Waals surface area contributed by atoms with Gasteiger partial charge in [0.25, 0.3) is 0 Å². The molecule has 0 amide bonds. The third-order valence-electron chi connectivity index (χ3n) is 7.30. The molecule has 0 aromatic carbocycles. The molecule has 0 aromatic rings. The van der Waals surface area contributed by atoms with Gasteiger partial charge < -0.3 is 14.2 Å². The Kier molecular flexibility index (Phi) is 10.4. The number of nitrogens with zero attached hydrogens (tertiary/aromatic N) is 3. The predicted octanol–water partition coefficient (Wildman–Crippen LogP) is 6.81. The molecule has 0 aliphatic heterocycles. The molecular weight excluding hydrogens is 413 g/mol. The number of aliphatic hydroxyl groups is 1. The van der Waals surface area contributed by atoms with E-state index in [0.29, 0.717) is 35.5 Å². The minimum absolute atomic E-state index is 0.128. The van der Waals surface area contributed by atoms with Gasteiger partial charge >= 0.3 is 7.60 Å². The summed E-state index contributed by atoms with van der Waals surface area (Å²) in [5, 5.41) is 13.9. The predicted molar refractivity (Wildman–Crippen MR) is 125 cm³/mol. The van der Waals surface area contributed by atoms with Gasteiger partial charge in [0.1, 0.15) is 0 Å². The summed E-state index contributed by atoms with van der Waals surface area (Å²) in [5.74, 6) is 2.54. The molecule has 8 heteroatoms. The normalized spacial score (nSPS) is 34.9. The minimum Gasteiger partial charge on any atom is -0.392 e. The summed E-state index contributed by atoms with van der Waals surface area (Å²) in [4.78, 5) is 2.72. The van der Waals surface area contributed by atoms with Crippen LogP contribution in [0.4, 0.5) is 0 Å². The van der Waals surface area contributed by atoms with Gasteiger partial charge in [0.05, 0.1) is 31.0 Å². The topological polar surface area (TPSA) is 105 Å². The Hall–Kier alpha value is -0.580. The second kappa shape index (κ2) is 12.0. The third-order valence-corrected chi connectivity index (χ3v) is 9.36. The zero-order chi connectivity index (χ0) is 23.2. The van der Waals surface area contributed by atoms with Crippen molar-refractivity contribution in [1.29, 1.82) is 0 Å². The Balaban J connectivity index is 2.26. The van der Waals surface area contributed by atoms with Crippen molar-refractivity contribution >= 4 is 7.60 Å². The molecule has 31 heavy (non-hydrogen) atoms. The first-order valence-corrected chi connectivity index (χ1v) is 13.9. The number of rotatable bonds is 10. The Bertz CT molecular complexity index is 615. The van der Waals surface area contributed by atoms with Crippen LogP contribution in [-0.4, -0.2) is 36.1 Å². The summed E-state index contributed by atoms with van der Waals surface area (Å²) < 4.78 is 26.9. The van der Waals surface area contributed by atoms with Crippen LogP contribution in [0.3, 0.4) is 0 Å². The van der Waals surface area contributed by atoms with E-state index >= 15 is 0 Å². The van der Waals surface area contributed by atoms with Crippen LogP contribution in [0.1, 0.15) is 80.1 Å². The van der Waals surface area contributed by atoms with E-state index in [-0.39, 0.29) is 24.9 Å². The molecule has 2 aliphatic rings. The van der Waals surface area contributed by atoms with E-state index in [0.717, 1.165) is 38.5 Å². The fourth-order valence-electron chi connectivity index (χ4n) is 5.44.